The monoisotopic (exact) mass is 338 g/mol. The van der Waals surface area contributed by atoms with Crippen molar-refractivity contribution in [3.8, 4) is 0 Å². The van der Waals surface area contributed by atoms with Crippen LogP contribution in [0, 0.1) is 0 Å². The molecule has 0 saturated heterocycles. The van der Waals surface area contributed by atoms with Crippen molar-refractivity contribution in [2.24, 2.45) is 0 Å². The molecule has 1 aromatic rings. The van der Waals surface area contributed by atoms with Gasteiger partial charge in [0.2, 0.25) is 0 Å². The average molecular weight is 338 g/mol. The zero-order chi connectivity index (χ0) is 17.6. The first-order chi connectivity index (χ1) is 10.7. The first-order valence-corrected chi connectivity index (χ1v) is 10.6. The summed E-state index contributed by atoms with van der Waals surface area (Å²) in [5.41, 5.74) is -0.217. The highest BCUT2D eigenvalue weighted by atomic mass is 28.3. The van der Waals surface area contributed by atoms with Gasteiger partial charge >= 0.3 is 5.97 Å². The van der Waals surface area contributed by atoms with E-state index in [4.69, 9.17) is 9.47 Å². The Morgan fingerprint density at radius 3 is 2.17 bits per heavy atom. The molecule has 6 heteroatoms. The fraction of sp³-hybridized carbons (Fsp3) is 0.529. The second kappa shape index (κ2) is 8.38. The van der Waals surface area contributed by atoms with E-state index < -0.39 is 39.2 Å². The lowest BCUT2D eigenvalue weighted by atomic mass is 10.1. The number of carbonyl (C=O) groups is 2. The summed E-state index contributed by atoms with van der Waals surface area (Å²) in [6.07, 6.45) is -1.95. The van der Waals surface area contributed by atoms with E-state index >= 15 is 0 Å². The third-order valence-electron chi connectivity index (χ3n) is 3.12. The van der Waals surface area contributed by atoms with E-state index in [1.165, 1.54) is 0 Å². The van der Waals surface area contributed by atoms with E-state index in [9.17, 15) is 14.7 Å². The number of hydrogen-bond acceptors (Lipinski definition) is 5. The van der Waals surface area contributed by atoms with Crippen molar-refractivity contribution in [2.75, 3.05) is 6.61 Å². The summed E-state index contributed by atoms with van der Waals surface area (Å²) in [6, 6.07) is 8.48. The van der Waals surface area contributed by atoms with Crippen molar-refractivity contribution in [1.29, 1.82) is 0 Å². The summed E-state index contributed by atoms with van der Waals surface area (Å²) >= 11 is 0. The van der Waals surface area contributed by atoms with Crippen molar-refractivity contribution >= 4 is 20.2 Å². The van der Waals surface area contributed by atoms with E-state index in [1.807, 2.05) is 33.9 Å². The number of aliphatic hydroxyl groups is 1. The highest BCUT2D eigenvalue weighted by molar-refractivity contribution is 6.88. The van der Waals surface area contributed by atoms with E-state index in [-0.39, 0.29) is 5.41 Å². The predicted octanol–water partition coefficient (Wildman–Crippen LogP) is 1.98. The van der Waals surface area contributed by atoms with Gasteiger partial charge in [-0.2, -0.15) is 0 Å². The molecule has 0 aliphatic carbocycles. The Morgan fingerprint density at radius 2 is 1.74 bits per heavy atom. The largest absolute Gasteiger partial charge is 0.453 e. The lowest BCUT2D eigenvalue weighted by Crippen LogP contribution is -2.49. The van der Waals surface area contributed by atoms with Gasteiger partial charge in [0, 0.05) is 0 Å². The molecule has 0 saturated carbocycles. The van der Waals surface area contributed by atoms with Gasteiger partial charge in [0.15, 0.2) is 12.2 Å². The number of ether oxygens (including phenoxy) is 2. The second-order valence-corrected chi connectivity index (χ2v) is 9.58. The Kier molecular flexibility index (Phi) is 7.12. The number of carbonyl (C=O) groups excluding carboxylic acids is 2. The third-order valence-corrected chi connectivity index (χ3v) is 4.58. The third kappa shape index (κ3) is 6.25. The summed E-state index contributed by atoms with van der Waals surface area (Å²) in [6.45, 7) is 8.77. The van der Waals surface area contributed by atoms with E-state index in [0.717, 1.165) is 0 Å². The molecule has 0 amide bonds. The first kappa shape index (κ1) is 19.5. The molecule has 2 atom stereocenters. The summed E-state index contributed by atoms with van der Waals surface area (Å²) in [7, 11) is -1.67. The van der Waals surface area contributed by atoms with Crippen LogP contribution in [-0.4, -0.2) is 49.7 Å². The summed E-state index contributed by atoms with van der Waals surface area (Å²) in [5.74, 6) is -0.578. The van der Waals surface area contributed by atoms with Crippen LogP contribution in [0.1, 0.15) is 31.1 Å². The van der Waals surface area contributed by atoms with Crippen molar-refractivity contribution in [3.05, 3.63) is 35.9 Å². The summed E-state index contributed by atoms with van der Waals surface area (Å²) in [5, 5.41) is 9.56. The molecular weight excluding hydrogens is 312 g/mol. The van der Waals surface area contributed by atoms with Gasteiger partial charge < -0.3 is 19.4 Å². The topological polar surface area (TPSA) is 72.8 Å². The molecule has 1 rings (SSSR count). The molecule has 0 bridgehead atoms. The molecule has 0 fully saturated rings. The van der Waals surface area contributed by atoms with Gasteiger partial charge in [-0.1, -0.05) is 31.3 Å². The minimum Gasteiger partial charge on any atom is -0.453 e. The van der Waals surface area contributed by atoms with E-state index in [2.05, 4.69) is 0 Å². The summed E-state index contributed by atoms with van der Waals surface area (Å²) < 4.78 is 11.2. The van der Waals surface area contributed by atoms with Gasteiger partial charge in [0.05, 0.1) is 17.8 Å². The van der Waals surface area contributed by atoms with Crippen LogP contribution < -0.4 is 0 Å². The molecule has 0 aromatic heterocycles. The molecule has 0 aliphatic heterocycles. The van der Waals surface area contributed by atoms with Crippen LogP contribution in [0.2, 0.25) is 13.1 Å². The van der Waals surface area contributed by atoms with Crippen LogP contribution in [-0.2, 0) is 14.3 Å². The van der Waals surface area contributed by atoms with Crippen molar-refractivity contribution in [3.63, 3.8) is 0 Å². The fourth-order valence-corrected chi connectivity index (χ4v) is 2.94. The molecule has 0 unspecified atom stereocenters. The van der Waals surface area contributed by atoms with Crippen LogP contribution in [0.15, 0.2) is 30.3 Å². The number of hydrogen-bond donors (Lipinski definition) is 1. The van der Waals surface area contributed by atoms with E-state index in [0.29, 0.717) is 5.56 Å². The second-order valence-electron chi connectivity index (χ2n) is 6.70. The van der Waals surface area contributed by atoms with Crippen molar-refractivity contribution in [1.82, 2.24) is 0 Å². The maximum absolute atomic E-state index is 12.5. The van der Waals surface area contributed by atoms with Gasteiger partial charge in [-0.25, -0.2) is 4.79 Å². The molecule has 0 aliphatic rings. The molecule has 0 heterocycles. The maximum Gasteiger partial charge on any atom is 0.338 e. The van der Waals surface area contributed by atoms with Gasteiger partial charge in [-0.15, -0.1) is 0 Å². The van der Waals surface area contributed by atoms with Crippen LogP contribution >= 0.6 is 0 Å². The first-order valence-electron chi connectivity index (χ1n) is 7.74. The SMILES string of the molecule is C[SiH](C)C(=O)[C@H](OC(C)(C)C)[C@H](CO)OC(=O)c1ccccc1. The number of esters is 1. The molecule has 0 radical (unpaired) electrons. The number of aliphatic hydroxyl groups excluding tert-OH is 1. The zero-order valence-electron chi connectivity index (χ0n) is 14.4. The average Bonchev–Trinajstić information content (AvgIpc) is 2.49. The maximum atomic E-state index is 12.5. The van der Waals surface area contributed by atoms with Crippen LogP contribution in [0.5, 0.6) is 0 Å². The number of rotatable bonds is 7. The Morgan fingerprint density at radius 1 is 1.17 bits per heavy atom. The number of benzene rings is 1. The Balaban J connectivity index is 2.96. The molecule has 128 valence electrons. The van der Waals surface area contributed by atoms with Gasteiger partial charge in [0.1, 0.15) is 14.2 Å². The fourth-order valence-electron chi connectivity index (χ4n) is 2.00. The molecule has 5 nitrogen and oxygen atoms in total. The Hall–Kier alpha value is -1.50. The minimum atomic E-state index is -1.67. The van der Waals surface area contributed by atoms with Crippen molar-refractivity contribution in [2.45, 2.75) is 51.7 Å². The van der Waals surface area contributed by atoms with Gasteiger partial charge in [0.25, 0.3) is 0 Å². The Labute approximate surface area is 139 Å². The normalized spacial score (nSPS) is 14.4. The predicted molar refractivity (Wildman–Crippen MR) is 91.2 cm³/mol. The molecule has 0 spiro atoms. The lowest BCUT2D eigenvalue weighted by Gasteiger charge is -2.32. The van der Waals surface area contributed by atoms with Crippen molar-refractivity contribution < 1.29 is 24.2 Å². The van der Waals surface area contributed by atoms with Crippen LogP contribution in [0.3, 0.4) is 0 Å². The molecular formula is C17H26O5Si. The zero-order valence-corrected chi connectivity index (χ0v) is 15.6. The van der Waals surface area contributed by atoms with E-state index in [1.54, 1.807) is 30.3 Å². The molecule has 1 N–H and O–H groups in total. The smallest absolute Gasteiger partial charge is 0.338 e. The van der Waals surface area contributed by atoms with Gasteiger partial charge in [-0.3, -0.25) is 0 Å². The van der Waals surface area contributed by atoms with Gasteiger partial charge in [-0.05, 0) is 32.9 Å². The summed E-state index contributed by atoms with van der Waals surface area (Å²) in [4.78, 5) is 24.7. The lowest BCUT2D eigenvalue weighted by molar-refractivity contribution is -0.150. The standard InChI is InChI=1S/C17H26O5Si/c1-17(2,3)22-14(16(20)23(4)5)13(11-18)21-15(19)12-9-7-6-8-10-12/h6-10,13-14,18,23H,11H2,1-5H3/t13-,14+/m0/s1. The minimum absolute atomic E-state index is 0.0696. The highest BCUT2D eigenvalue weighted by Gasteiger charge is 2.36. The van der Waals surface area contributed by atoms with Crippen LogP contribution in [0.25, 0.3) is 0 Å². The Bertz CT molecular complexity index is 522. The molecule has 23 heavy (non-hydrogen) atoms. The van der Waals surface area contributed by atoms with Crippen LogP contribution in [0.4, 0.5) is 0 Å². The molecule has 1 aromatic carbocycles. The quantitative estimate of drug-likeness (QED) is 0.608. The highest BCUT2D eigenvalue weighted by Crippen LogP contribution is 2.18.